The van der Waals surface area contributed by atoms with Crippen LogP contribution in [0.2, 0.25) is 0 Å². The molecular formula is C31H38N4O3. The third-order valence-electron chi connectivity index (χ3n) is 8.51. The number of hydrogen-bond acceptors (Lipinski definition) is 5. The number of rotatable bonds is 4. The summed E-state index contributed by atoms with van der Waals surface area (Å²) >= 11 is 0. The van der Waals surface area contributed by atoms with E-state index >= 15 is 0 Å². The number of piperidine rings is 2. The molecule has 3 saturated heterocycles. The Labute approximate surface area is 225 Å². The van der Waals surface area contributed by atoms with Gasteiger partial charge in [0.05, 0.1) is 18.7 Å². The van der Waals surface area contributed by atoms with Crippen LogP contribution in [-0.4, -0.2) is 90.3 Å². The number of pyridine rings is 1. The van der Waals surface area contributed by atoms with Gasteiger partial charge in [0.15, 0.2) is 0 Å². The highest BCUT2D eigenvalue weighted by Crippen LogP contribution is 2.30. The number of aromatic nitrogens is 1. The first-order chi connectivity index (χ1) is 18.7. The number of urea groups is 1. The molecule has 0 bridgehead atoms. The highest BCUT2D eigenvalue weighted by Gasteiger charge is 2.31. The van der Waals surface area contributed by atoms with Gasteiger partial charge in [-0.3, -0.25) is 9.88 Å². The molecular weight excluding hydrogens is 476 g/mol. The molecule has 38 heavy (non-hydrogen) atoms. The first-order valence-corrected chi connectivity index (χ1v) is 14.1. The molecule has 0 N–H and O–H groups in total. The lowest BCUT2D eigenvalue weighted by molar-refractivity contribution is 0.00196. The molecule has 3 aliphatic heterocycles. The topological polar surface area (TPSA) is 58.1 Å². The van der Waals surface area contributed by atoms with Gasteiger partial charge in [-0.1, -0.05) is 30.3 Å². The number of carbonyl (C=O) groups is 1. The second kappa shape index (κ2) is 11.3. The summed E-state index contributed by atoms with van der Waals surface area (Å²) < 4.78 is 11.8. The molecule has 3 fully saturated rings. The fourth-order valence-corrected chi connectivity index (χ4v) is 6.24. The van der Waals surface area contributed by atoms with Crippen molar-refractivity contribution >= 4 is 16.9 Å². The Hall–Kier alpha value is -3.16. The second-order valence-electron chi connectivity index (χ2n) is 10.8. The molecule has 4 heterocycles. The van der Waals surface area contributed by atoms with E-state index in [0.29, 0.717) is 6.04 Å². The summed E-state index contributed by atoms with van der Waals surface area (Å²) in [4.78, 5) is 24.3. The van der Waals surface area contributed by atoms with Gasteiger partial charge in [0.1, 0.15) is 11.9 Å². The average molecular weight is 515 g/mol. The maximum Gasteiger partial charge on any atom is 0.320 e. The van der Waals surface area contributed by atoms with Gasteiger partial charge in [-0.2, -0.15) is 0 Å². The van der Waals surface area contributed by atoms with Gasteiger partial charge in [0.25, 0.3) is 0 Å². The molecule has 0 aliphatic carbocycles. The zero-order valence-electron chi connectivity index (χ0n) is 22.3. The van der Waals surface area contributed by atoms with Gasteiger partial charge in [0.2, 0.25) is 0 Å². The van der Waals surface area contributed by atoms with Gasteiger partial charge in [-0.25, -0.2) is 4.79 Å². The largest absolute Gasteiger partial charge is 0.490 e. The van der Waals surface area contributed by atoms with Crippen LogP contribution < -0.4 is 4.74 Å². The minimum atomic E-state index is 0.142. The molecule has 0 spiro atoms. The lowest BCUT2D eigenvalue weighted by atomic mass is 9.98. The maximum absolute atomic E-state index is 13.2. The number of likely N-dealkylation sites (tertiary alicyclic amines) is 2. The highest BCUT2D eigenvalue weighted by molar-refractivity contribution is 5.88. The predicted molar refractivity (Wildman–Crippen MR) is 150 cm³/mol. The van der Waals surface area contributed by atoms with E-state index in [4.69, 9.17) is 9.47 Å². The van der Waals surface area contributed by atoms with Crippen LogP contribution in [0.5, 0.6) is 5.75 Å². The molecule has 0 atom stereocenters. The van der Waals surface area contributed by atoms with E-state index in [1.54, 1.807) is 0 Å². The molecule has 0 radical (unpaired) electrons. The number of ether oxygens (including phenoxy) is 2. The van der Waals surface area contributed by atoms with Gasteiger partial charge in [0, 0.05) is 69.7 Å². The van der Waals surface area contributed by atoms with E-state index in [1.807, 2.05) is 17.2 Å². The van der Waals surface area contributed by atoms with Crippen molar-refractivity contribution in [2.45, 2.75) is 44.8 Å². The number of morpholine rings is 1. The Balaban J connectivity index is 0.991. The smallest absolute Gasteiger partial charge is 0.320 e. The first-order valence-electron chi connectivity index (χ1n) is 14.1. The predicted octanol–water partition coefficient (Wildman–Crippen LogP) is 4.97. The Bertz CT molecular complexity index is 1240. The summed E-state index contributed by atoms with van der Waals surface area (Å²) in [7, 11) is 0. The van der Waals surface area contributed by atoms with E-state index in [9.17, 15) is 4.79 Å². The molecule has 7 heteroatoms. The molecule has 1 aromatic heterocycles. The Morgan fingerprint density at radius 2 is 1.55 bits per heavy atom. The van der Waals surface area contributed by atoms with Crippen molar-refractivity contribution in [2.24, 2.45) is 0 Å². The van der Waals surface area contributed by atoms with Gasteiger partial charge in [-0.15, -0.1) is 0 Å². The highest BCUT2D eigenvalue weighted by atomic mass is 16.5. The third-order valence-corrected chi connectivity index (χ3v) is 8.51. The lowest BCUT2D eigenvalue weighted by Crippen LogP contribution is -2.54. The van der Waals surface area contributed by atoms with Crippen molar-refractivity contribution in [2.75, 3.05) is 52.5 Å². The van der Waals surface area contributed by atoms with E-state index in [0.717, 1.165) is 94.8 Å². The summed E-state index contributed by atoms with van der Waals surface area (Å²) in [6.45, 7) is 9.08. The van der Waals surface area contributed by atoms with Crippen molar-refractivity contribution in [3.05, 3.63) is 60.3 Å². The number of hydrogen-bond donors (Lipinski definition) is 0. The number of carbonyl (C=O) groups excluding carboxylic acids is 1. The normalized spacial score (nSPS) is 20.1. The van der Waals surface area contributed by atoms with Gasteiger partial charge >= 0.3 is 6.03 Å². The molecule has 3 aromatic rings. The molecule has 0 saturated carbocycles. The Morgan fingerprint density at radius 1 is 0.868 bits per heavy atom. The second-order valence-corrected chi connectivity index (χ2v) is 10.8. The molecule has 0 unspecified atom stereocenters. The number of aryl methyl sites for hydroxylation is 1. The van der Waals surface area contributed by atoms with Gasteiger partial charge in [-0.05, 0) is 54.7 Å². The van der Waals surface area contributed by atoms with Crippen molar-refractivity contribution in [3.63, 3.8) is 0 Å². The fourth-order valence-electron chi connectivity index (χ4n) is 6.24. The van der Waals surface area contributed by atoms with E-state index in [2.05, 4.69) is 64.2 Å². The first kappa shape index (κ1) is 25.1. The summed E-state index contributed by atoms with van der Waals surface area (Å²) in [5.74, 6) is 0.889. The summed E-state index contributed by atoms with van der Waals surface area (Å²) in [5, 5.41) is 1.16. The zero-order valence-corrected chi connectivity index (χ0v) is 22.3. The Morgan fingerprint density at radius 3 is 2.26 bits per heavy atom. The number of nitrogens with zero attached hydrogens (tertiary/aromatic N) is 4. The molecule has 3 aliphatic rings. The fraction of sp³-hybridized carbons (Fsp3) is 0.484. The van der Waals surface area contributed by atoms with Crippen LogP contribution in [0.1, 0.15) is 31.2 Å². The van der Waals surface area contributed by atoms with Crippen molar-refractivity contribution in [1.82, 2.24) is 19.7 Å². The monoisotopic (exact) mass is 514 g/mol. The van der Waals surface area contributed by atoms with Crippen LogP contribution in [0.15, 0.2) is 54.7 Å². The Kier molecular flexibility index (Phi) is 7.47. The van der Waals surface area contributed by atoms with Crippen LogP contribution >= 0.6 is 0 Å². The molecule has 2 aromatic carbocycles. The summed E-state index contributed by atoms with van der Waals surface area (Å²) in [5.41, 5.74) is 4.61. The van der Waals surface area contributed by atoms with Gasteiger partial charge < -0.3 is 19.3 Å². The van der Waals surface area contributed by atoms with Crippen molar-refractivity contribution in [3.8, 4) is 16.9 Å². The number of fused-ring (bicyclic) bond motifs is 1. The average Bonchev–Trinajstić information content (AvgIpc) is 2.99. The molecule has 200 valence electrons. The summed E-state index contributed by atoms with van der Waals surface area (Å²) in [6, 6.07) is 17.6. The van der Waals surface area contributed by atoms with Crippen LogP contribution in [-0.2, 0) is 4.74 Å². The van der Waals surface area contributed by atoms with Crippen LogP contribution in [0.4, 0.5) is 4.79 Å². The minimum absolute atomic E-state index is 0.142. The number of benzene rings is 2. The van der Waals surface area contributed by atoms with E-state index in [-0.39, 0.29) is 12.1 Å². The van der Waals surface area contributed by atoms with Crippen molar-refractivity contribution < 1.29 is 14.3 Å². The molecule has 7 nitrogen and oxygen atoms in total. The van der Waals surface area contributed by atoms with Crippen LogP contribution in [0, 0.1) is 6.92 Å². The molecule has 6 rings (SSSR count). The summed E-state index contributed by atoms with van der Waals surface area (Å²) in [6.07, 6.45) is 5.86. The third kappa shape index (κ3) is 5.36. The minimum Gasteiger partial charge on any atom is -0.490 e. The van der Waals surface area contributed by atoms with E-state index < -0.39 is 0 Å². The van der Waals surface area contributed by atoms with Crippen LogP contribution in [0.3, 0.4) is 0 Å². The van der Waals surface area contributed by atoms with Crippen LogP contribution in [0.25, 0.3) is 22.0 Å². The maximum atomic E-state index is 13.2. The zero-order chi connectivity index (χ0) is 25.9. The SMILES string of the molecule is Cc1c(-c2ccc(OC3CCN(C(=O)N4CCC(N5CCOCC5)CC4)CC3)cc2)ccc2cccnc12. The van der Waals surface area contributed by atoms with Crippen molar-refractivity contribution in [1.29, 1.82) is 0 Å². The quantitative estimate of drug-likeness (QED) is 0.492. The van der Waals surface area contributed by atoms with E-state index in [1.165, 1.54) is 16.7 Å². The lowest BCUT2D eigenvalue weighted by Gasteiger charge is -2.42. The molecule has 2 amide bonds. The standard InChI is InChI=1S/C31H38N4O3/c1-23-29(9-6-25-3-2-14-32-30(23)25)24-4-7-27(8-5-24)38-28-12-17-35(18-13-28)31(36)34-15-10-26(11-16-34)33-19-21-37-22-20-33/h2-9,14,26,28H,10-13,15-22H2,1H3. The number of amides is 2.